The quantitative estimate of drug-likeness (QED) is 0.834. The molecule has 1 amide bonds. The van der Waals surface area contributed by atoms with Gasteiger partial charge < -0.3 is 15.2 Å². The van der Waals surface area contributed by atoms with Crippen molar-refractivity contribution in [1.82, 2.24) is 15.2 Å². The highest BCUT2D eigenvalue weighted by Gasteiger charge is 2.19. The molecule has 2 aromatic rings. The number of fused-ring (bicyclic) bond motifs is 1. The summed E-state index contributed by atoms with van der Waals surface area (Å²) in [5.41, 5.74) is 1.67. The zero-order valence-corrected chi connectivity index (χ0v) is 12.7. The molecule has 1 aromatic heterocycles. The first kappa shape index (κ1) is 14.4. The maximum Gasteiger partial charge on any atom is 0.270 e. The van der Waals surface area contributed by atoms with Crippen LogP contribution in [0.5, 0.6) is 0 Å². The van der Waals surface area contributed by atoms with Crippen LogP contribution in [0.4, 0.5) is 0 Å². The summed E-state index contributed by atoms with van der Waals surface area (Å²) < 4.78 is 1.02. The van der Waals surface area contributed by atoms with E-state index in [-0.39, 0.29) is 18.3 Å². The van der Waals surface area contributed by atoms with Gasteiger partial charge in [-0.2, -0.15) is 0 Å². The van der Waals surface area contributed by atoms with Crippen molar-refractivity contribution in [2.75, 3.05) is 26.2 Å². The average molecular weight is 345 g/mol. The normalized spacial score (nSPS) is 15.3. The van der Waals surface area contributed by atoms with Crippen LogP contribution in [0, 0.1) is 0 Å². The Kier molecular flexibility index (Phi) is 4.50. The van der Waals surface area contributed by atoms with Crippen LogP contribution in [0.1, 0.15) is 10.5 Å². The smallest absolute Gasteiger partial charge is 0.270 e. The fraction of sp³-hybridized carbons (Fsp3) is 0.308. The monoisotopic (exact) mass is 343 g/mol. The van der Waals surface area contributed by atoms with E-state index >= 15 is 0 Å². The van der Waals surface area contributed by atoms with Gasteiger partial charge in [-0.15, -0.1) is 12.4 Å². The number of carbonyl (C=O) groups is 1. The number of carbonyl (C=O) groups excluding carboxylic acids is 1. The van der Waals surface area contributed by atoms with E-state index in [1.54, 1.807) is 0 Å². The van der Waals surface area contributed by atoms with Crippen LogP contribution in [0.25, 0.3) is 10.9 Å². The lowest BCUT2D eigenvalue weighted by molar-refractivity contribution is 0.0731. The van der Waals surface area contributed by atoms with Gasteiger partial charge in [0.2, 0.25) is 0 Å². The van der Waals surface area contributed by atoms with Crippen LogP contribution < -0.4 is 5.32 Å². The van der Waals surface area contributed by atoms with E-state index < -0.39 is 0 Å². The summed E-state index contributed by atoms with van der Waals surface area (Å²) in [7, 11) is 0. The number of hydrogen-bond acceptors (Lipinski definition) is 2. The second-order valence-corrected chi connectivity index (χ2v) is 5.37. The van der Waals surface area contributed by atoms with Crippen molar-refractivity contribution < 1.29 is 4.79 Å². The number of H-pyrrole nitrogens is 1. The van der Waals surface area contributed by atoms with E-state index in [4.69, 9.17) is 0 Å². The lowest BCUT2D eigenvalue weighted by Crippen LogP contribution is -2.46. The fourth-order valence-corrected chi connectivity index (χ4v) is 2.64. The van der Waals surface area contributed by atoms with Gasteiger partial charge in [-0.1, -0.05) is 15.9 Å². The number of halogens is 2. The Bertz CT molecular complexity index is 593. The van der Waals surface area contributed by atoms with Gasteiger partial charge in [-0.25, -0.2) is 0 Å². The first-order valence-electron chi connectivity index (χ1n) is 6.02. The van der Waals surface area contributed by atoms with Gasteiger partial charge in [-0.05, 0) is 24.3 Å². The molecule has 0 unspecified atom stereocenters. The van der Waals surface area contributed by atoms with Gasteiger partial charge in [0.05, 0.1) is 0 Å². The van der Waals surface area contributed by atoms with Gasteiger partial charge in [0, 0.05) is 41.6 Å². The Morgan fingerprint density at radius 3 is 2.68 bits per heavy atom. The number of amides is 1. The van der Waals surface area contributed by atoms with Crippen molar-refractivity contribution in [3.8, 4) is 0 Å². The van der Waals surface area contributed by atoms with Crippen LogP contribution in [0.2, 0.25) is 0 Å². The summed E-state index contributed by atoms with van der Waals surface area (Å²) in [6, 6.07) is 7.89. The maximum absolute atomic E-state index is 12.3. The molecule has 6 heteroatoms. The van der Waals surface area contributed by atoms with Gasteiger partial charge in [0.1, 0.15) is 5.69 Å². The molecule has 1 saturated heterocycles. The number of piperazine rings is 1. The molecule has 1 fully saturated rings. The highest BCUT2D eigenvalue weighted by atomic mass is 79.9. The number of aromatic amines is 1. The van der Waals surface area contributed by atoms with Crippen LogP contribution in [-0.2, 0) is 0 Å². The van der Waals surface area contributed by atoms with Crippen molar-refractivity contribution in [2.45, 2.75) is 0 Å². The van der Waals surface area contributed by atoms with E-state index in [0.717, 1.165) is 41.6 Å². The molecule has 102 valence electrons. The zero-order chi connectivity index (χ0) is 12.5. The SMILES string of the molecule is Cl.O=C(c1cc2cc(Br)ccc2[nH]1)N1CCNCC1. The third-order valence-electron chi connectivity index (χ3n) is 3.22. The summed E-state index contributed by atoms with van der Waals surface area (Å²) in [5, 5.41) is 4.30. The van der Waals surface area contributed by atoms with E-state index in [9.17, 15) is 4.79 Å². The molecule has 1 aliphatic heterocycles. The largest absolute Gasteiger partial charge is 0.351 e. The molecule has 2 heterocycles. The lowest BCUT2D eigenvalue weighted by Gasteiger charge is -2.26. The Morgan fingerprint density at radius 1 is 1.21 bits per heavy atom. The van der Waals surface area contributed by atoms with Gasteiger partial charge in [0.15, 0.2) is 0 Å². The molecule has 0 saturated carbocycles. The summed E-state index contributed by atoms with van der Waals surface area (Å²) >= 11 is 3.44. The molecule has 0 spiro atoms. The molecular weight excluding hydrogens is 330 g/mol. The summed E-state index contributed by atoms with van der Waals surface area (Å²) in [5.74, 6) is 0.0869. The summed E-state index contributed by atoms with van der Waals surface area (Å²) in [6.07, 6.45) is 0. The van der Waals surface area contributed by atoms with Crippen molar-refractivity contribution >= 4 is 45.1 Å². The second kappa shape index (κ2) is 5.94. The lowest BCUT2D eigenvalue weighted by atomic mass is 10.2. The molecule has 0 atom stereocenters. The second-order valence-electron chi connectivity index (χ2n) is 4.46. The number of rotatable bonds is 1. The molecular formula is C13H15BrClN3O. The highest BCUT2D eigenvalue weighted by Crippen LogP contribution is 2.21. The van der Waals surface area contributed by atoms with Crippen molar-refractivity contribution in [3.63, 3.8) is 0 Å². The highest BCUT2D eigenvalue weighted by molar-refractivity contribution is 9.10. The van der Waals surface area contributed by atoms with E-state index in [1.165, 1.54) is 0 Å². The first-order chi connectivity index (χ1) is 8.74. The predicted molar refractivity (Wildman–Crippen MR) is 82.0 cm³/mol. The standard InChI is InChI=1S/C13H14BrN3O.ClH/c14-10-1-2-11-9(7-10)8-12(16-11)13(18)17-5-3-15-4-6-17;/h1-2,7-8,15-16H,3-6H2;1H. The van der Waals surface area contributed by atoms with Gasteiger partial charge in [-0.3, -0.25) is 4.79 Å². The fourth-order valence-electron chi connectivity index (χ4n) is 2.26. The minimum absolute atomic E-state index is 0. The van der Waals surface area contributed by atoms with Crippen LogP contribution >= 0.6 is 28.3 Å². The molecule has 3 rings (SSSR count). The van der Waals surface area contributed by atoms with Crippen LogP contribution in [0.15, 0.2) is 28.7 Å². The first-order valence-corrected chi connectivity index (χ1v) is 6.81. The molecule has 1 aliphatic rings. The number of aromatic nitrogens is 1. The maximum atomic E-state index is 12.3. The van der Waals surface area contributed by atoms with E-state index in [2.05, 4.69) is 26.2 Å². The van der Waals surface area contributed by atoms with Gasteiger partial charge in [0.25, 0.3) is 5.91 Å². The Morgan fingerprint density at radius 2 is 1.95 bits per heavy atom. The van der Waals surface area contributed by atoms with E-state index in [0.29, 0.717) is 5.69 Å². The molecule has 0 radical (unpaired) electrons. The third-order valence-corrected chi connectivity index (χ3v) is 3.71. The number of nitrogens with zero attached hydrogens (tertiary/aromatic N) is 1. The van der Waals surface area contributed by atoms with Crippen molar-refractivity contribution in [3.05, 3.63) is 34.4 Å². The van der Waals surface area contributed by atoms with Crippen LogP contribution in [-0.4, -0.2) is 42.0 Å². The van der Waals surface area contributed by atoms with Crippen molar-refractivity contribution in [2.24, 2.45) is 0 Å². The molecule has 1 aromatic carbocycles. The predicted octanol–water partition coefficient (Wildman–Crippen LogP) is 2.40. The van der Waals surface area contributed by atoms with E-state index in [1.807, 2.05) is 29.2 Å². The molecule has 0 aliphatic carbocycles. The molecule has 2 N–H and O–H groups in total. The molecule has 0 bridgehead atoms. The van der Waals surface area contributed by atoms with Crippen LogP contribution in [0.3, 0.4) is 0 Å². The summed E-state index contributed by atoms with van der Waals surface area (Å²) in [4.78, 5) is 17.4. The third kappa shape index (κ3) is 2.94. The molecule has 19 heavy (non-hydrogen) atoms. The van der Waals surface area contributed by atoms with Crippen molar-refractivity contribution in [1.29, 1.82) is 0 Å². The molecule has 4 nitrogen and oxygen atoms in total. The number of benzene rings is 1. The average Bonchev–Trinajstić information content (AvgIpc) is 2.81. The minimum atomic E-state index is 0. The number of hydrogen-bond donors (Lipinski definition) is 2. The zero-order valence-electron chi connectivity index (χ0n) is 10.3. The Hall–Kier alpha value is -1.04. The topological polar surface area (TPSA) is 48.1 Å². The van der Waals surface area contributed by atoms with Gasteiger partial charge >= 0.3 is 0 Å². The minimum Gasteiger partial charge on any atom is -0.351 e. The summed E-state index contributed by atoms with van der Waals surface area (Å²) in [6.45, 7) is 3.30. The number of nitrogens with one attached hydrogen (secondary N) is 2. The Labute approximate surface area is 126 Å². The Balaban J connectivity index is 0.00000133.